The van der Waals surface area contributed by atoms with Gasteiger partial charge in [-0.25, -0.2) is 9.97 Å². The number of rotatable bonds is 3. The molecule has 0 unspecified atom stereocenters. The highest BCUT2D eigenvalue weighted by molar-refractivity contribution is 6.35. The smallest absolute Gasteiger partial charge is 0.326 e. The molecule has 0 spiro atoms. The van der Waals surface area contributed by atoms with E-state index in [1.165, 1.54) is 18.2 Å². The van der Waals surface area contributed by atoms with E-state index in [1.807, 2.05) is 0 Å². The third-order valence-electron chi connectivity index (χ3n) is 2.60. The Balaban J connectivity index is 2.20. The van der Waals surface area contributed by atoms with Crippen LogP contribution in [-0.2, 0) is 17.4 Å². The summed E-state index contributed by atoms with van der Waals surface area (Å²) in [6.07, 6.45) is -4.47. The van der Waals surface area contributed by atoms with E-state index >= 15 is 0 Å². The van der Waals surface area contributed by atoms with Crippen LogP contribution in [0.1, 0.15) is 11.3 Å². The largest absolute Gasteiger partial charge is 0.433 e. The van der Waals surface area contributed by atoms with Gasteiger partial charge in [-0.3, -0.25) is 4.79 Å². The summed E-state index contributed by atoms with van der Waals surface area (Å²) in [4.78, 5) is 18.5. The Kier molecular flexibility index (Phi) is 5.33. The van der Waals surface area contributed by atoms with E-state index in [2.05, 4.69) is 15.3 Å². The molecule has 1 aromatic carbocycles. The number of aromatic nitrogens is 2. The first-order valence-electron chi connectivity index (χ1n) is 5.99. The summed E-state index contributed by atoms with van der Waals surface area (Å²) in [5, 5.41) is 2.40. The summed E-state index contributed by atoms with van der Waals surface area (Å²) < 4.78 is 38.7. The monoisotopic (exact) mass is 383 g/mol. The van der Waals surface area contributed by atoms with Crippen molar-refractivity contribution in [2.75, 3.05) is 5.32 Å². The first kappa shape index (κ1) is 17.8. The fourth-order valence-electron chi connectivity index (χ4n) is 1.76. The lowest BCUT2D eigenvalue weighted by Gasteiger charge is -2.12. The second kappa shape index (κ2) is 6.90. The molecule has 0 aliphatic rings. The Morgan fingerprint density at radius 1 is 1.13 bits per heavy atom. The number of anilines is 1. The van der Waals surface area contributed by atoms with E-state index in [0.717, 1.165) is 6.20 Å². The van der Waals surface area contributed by atoms with Gasteiger partial charge >= 0.3 is 6.18 Å². The highest BCUT2D eigenvalue weighted by atomic mass is 35.5. The molecule has 1 amide bonds. The van der Waals surface area contributed by atoms with Crippen molar-refractivity contribution < 1.29 is 18.0 Å². The first-order valence-corrected chi connectivity index (χ1v) is 7.13. The maximum atomic E-state index is 12.9. The maximum Gasteiger partial charge on any atom is 0.433 e. The van der Waals surface area contributed by atoms with Crippen LogP contribution in [0.4, 0.5) is 18.9 Å². The minimum absolute atomic E-state index is 0.260. The number of nitrogens with zero attached hydrogens (tertiary/aromatic N) is 2. The number of amides is 1. The van der Waals surface area contributed by atoms with Crippen molar-refractivity contribution in [2.45, 2.75) is 12.6 Å². The molecule has 2 aromatic rings. The van der Waals surface area contributed by atoms with Gasteiger partial charge in [-0.1, -0.05) is 23.2 Å². The molecule has 1 N–H and O–H groups in total. The summed E-state index contributed by atoms with van der Waals surface area (Å²) in [5.41, 5.74) is -1.39. The predicted molar refractivity (Wildman–Crippen MR) is 80.8 cm³/mol. The second-order valence-electron chi connectivity index (χ2n) is 4.39. The number of nitrogens with one attached hydrogen (secondary N) is 1. The van der Waals surface area contributed by atoms with E-state index in [9.17, 15) is 18.0 Å². The van der Waals surface area contributed by atoms with Crippen LogP contribution in [0.5, 0.6) is 0 Å². The van der Waals surface area contributed by atoms with Crippen LogP contribution in [0.3, 0.4) is 0 Å². The minimum Gasteiger partial charge on any atom is -0.326 e. The maximum absolute atomic E-state index is 12.9. The van der Waals surface area contributed by atoms with Crippen LogP contribution in [-0.4, -0.2) is 15.9 Å². The van der Waals surface area contributed by atoms with Gasteiger partial charge in [0, 0.05) is 27.5 Å². The third-order valence-corrected chi connectivity index (χ3v) is 3.22. The van der Waals surface area contributed by atoms with Crippen LogP contribution in [0.25, 0.3) is 0 Å². The SMILES string of the molecule is O=C(Cc1cnc(Cl)nc1C(F)(F)F)Nc1cc(Cl)cc(Cl)c1. The van der Waals surface area contributed by atoms with Gasteiger partial charge in [0.1, 0.15) is 0 Å². The number of hydrogen-bond donors (Lipinski definition) is 1. The van der Waals surface area contributed by atoms with Crippen LogP contribution in [0.15, 0.2) is 24.4 Å². The fourth-order valence-corrected chi connectivity index (χ4v) is 2.42. The lowest BCUT2D eigenvalue weighted by atomic mass is 10.1. The third kappa shape index (κ3) is 4.95. The zero-order chi connectivity index (χ0) is 17.2. The molecule has 10 heteroatoms. The Morgan fingerprint density at radius 2 is 1.74 bits per heavy atom. The second-order valence-corrected chi connectivity index (χ2v) is 5.60. The number of halogens is 6. The number of alkyl halides is 3. The number of hydrogen-bond acceptors (Lipinski definition) is 3. The van der Waals surface area contributed by atoms with Crippen molar-refractivity contribution in [1.29, 1.82) is 0 Å². The molecule has 1 heterocycles. The molecule has 1 aromatic heterocycles. The lowest BCUT2D eigenvalue weighted by molar-refractivity contribution is -0.142. The van der Waals surface area contributed by atoms with Crippen LogP contribution in [0, 0.1) is 0 Å². The van der Waals surface area contributed by atoms with E-state index < -0.39 is 35.0 Å². The summed E-state index contributed by atoms with van der Waals surface area (Å²) in [6.45, 7) is 0. The van der Waals surface area contributed by atoms with Crippen molar-refractivity contribution >= 4 is 46.4 Å². The molecule has 0 aliphatic heterocycles. The van der Waals surface area contributed by atoms with Crippen LogP contribution >= 0.6 is 34.8 Å². The number of benzene rings is 1. The molecule has 23 heavy (non-hydrogen) atoms. The van der Waals surface area contributed by atoms with Crippen LogP contribution < -0.4 is 5.32 Å². The fraction of sp³-hybridized carbons (Fsp3) is 0.154. The van der Waals surface area contributed by atoms with E-state index in [4.69, 9.17) is 34.8 Å². The predicted octanol–water partition coefficient (Wildman–Crippen LogP) is 4.64. The summed E-state index contributed by atoms with van der Waals surface area (Å²) >= 11 is 16.9. The summed E-state index contributed by atoms with van der Waals surface area (Å²) in [5.74, 6) is -0.709. The molecule has 0 bridgehead atoms. The quantitative estimate of drug-likeness (QED) is 0.785. The van der Waals surface area contributed by atoms with Gasteiger partial charge in [-0.05, 0) is 29.8 Å². The molecule has 0 atom stereocenters. The lowest BCUT2D eigenvalue weighted by Crippen LogP contribution is -2.19. The molecule has 0 aliphatic carbocycles. The molecule has 122 valence electrons. The Morgan fingerprint density at radius 3 is 2.30 bits per heavy atom. The molecule has 0 saturated carbocycles. The van der Waals surface area contributed by atoms with Gasteiger partial charge in [0.25, 0.3) is 0 Å². The molecule has 2 rings (SSSR count). The zero-order valence-corrected chi connectivity index (χ0v) is 13.4. The number of carbonyl (C=O) groups excluding carboxylic acids is 1. The normalized spacial score (nSPS) is 11.4. The van der Waals surface area contributed by atoms with E-state index in [0.29, 0.717) is 0 Å². The molecular weight excluding hydrogens is 378 g/mol. The Hall–Kier alpha value is -1.57. The molecule has 4 nitrogen and oxygen atoms in total. The number of carbonyl (C=O) groups is 1. The summed E-state index contributed by atoms with van der Waals surface area (Å²) in [6, 6.07) is 4.27. The van der Waals surface area contributed by atoms with Crippen molar-refractivity contribution in [3.63, 3.8) is 0 Å². The molecule has 0 fully saturated rings. The topological polar surface area (TPSA) is 54.9 Å². The van der Waals surface area contributed by atoms with Crippen LogP contribution in [0.2, 0.25) is 15.3 Å². The van der Waals surface area contributed by atoms with Crippen molar-refractivity contribution in [3.05, 3.63) is 51.0 Å². The van der Waals surface area contributed by atoms with Crippen molar-refractivity contribution in [2.24, 2.45) is 0 Å². The van der Waals surface area contributed by atoms with Gasteiger partial charge in [0.15, 0.2) is 5.69 Å². The molecule has 0 radical (unpaired) electrons. The Bertz CT molecular complexity index is 733. The van der Waals surface area contributed by atoms with Crippen molar-refractivity contribution in [1.82, 2.24) is 9.97 Å². The zero-order valence-electron chi connectivity index (χ0n) is 11.1. The average molecular weight is 385 g/mol. The minimum atomic E-state index is -4.75. The van der Waals surface area contributed by atoms with Gasteiger partial charge in [0.2, 0.25) is 11.2 Å². The first-order chi connectivity index (χ1) is 10.6. The van der Waals surface area contributed by atoms with Crippen molar-refractivity contribution in [3.8, 4) is 0 Å². The van der Waals surface area contributed by atoms with Gasteiger partial charge in [-0.15, -0.1) is 0 Å². The Labute approximate surface area is 143 Å². The van der Waals surface area contributed by atoms with Gasteiger partial charge in [-0.2, -0.15) is 13.2 Å². The van der Waals surface area contributed by atoms with E-state index in [-0.39, 0.29) is 15.7 Å². The standard InChI is InChI=1S/C13H7Cl3F3N3O/c14-7-2-8(15)4-9(3-7)21-10(23)1-6-5-20-12(16)22-11(6)13(17,18)19/h2-5H,1H2,(H,21,23). The summed E-state index contributed by atoms with van der Waals surface area (Å²) in [7, 11) is 0. The highest BCUT2D eigenvalue weighted by Gasteiger charge is 2.36. The van der Waals surface area contributed by atoms with Gasteiger partial charge in [0.05, 0.1) is 6.42 Å². The molecular formula is C13H7Cl3F3N3O. The van der Waals surface area contributed by atoms with E-state index in [1.54, 1.807) is 0 Å². The highest BCUT2D eigenvalue weighted by Crippen LogP contribution is 2.31. The molecule has 0 saturated heterocycles. The average Bonchev–Trinajstić information content (AvgIpc) is 2.38. The van der Waals surface area contributed by atoms with Gasteiger partial charge < -0.3 is 5.32 Å².